The summed E-state index contributed by atoms with van der Waals surface area (Å²) in [6.45, 7) is 4.21. The third kappa shape index (κ3) is 3.67. The molecule has 2 nitrogen and oxygen atoms in total. The number of rotatable bonds is 6. The second kappa shape index (κ2) is 7.42. The van der Waals surface area contributed by atoms with Crippen LogP contribution in [-0.4, -0.2) is 19.2 Å². The van der Waals surface area contributed by atoms with Gasteiger partial charge in [0.15, 0.2) is 0 Å². The summed E-state index contributed by atoms with van der Waals surface area (Å²) >= 11 is 0. The average Bonchev–Trinajstić information content (AvgIpc) is 3.04. The van der Waals surface area contributed by atoms with Crippen LogP contribution in [0.2, 0.25) is 0 Å². The van der Waals surface area contributed by atoms with Gasteiger partial charge in [0.25, 0.3) is 0 Å². The summed E-state index contributed by atoms with van der Waals surface area (Å²) in [7, 11) is 0. The van der Waals surface area contributed by atoms with Crippen molar-refractivity contribution in [3.8, 4) is 0 Å². The minimum absolute atomic E-state index is 0.252. The van der Waals surface area contributed by atoms with E-state index in [1.807, 2.05) is 0 Å². The Morgan fingerprint density at radius 1 is 1.24 bits per heavy atom. The van der Waals surface area contributed by atoms with Crippen LogP contribution in [0.5, 0.6) is 0 Å². The first-order valence-electron chi connectivity index (χ1n) is 8.81. The van der Waals surface area contributed by atoms with E-state index < -0.39 is 0 Å². The van der Waals surface area contributed by atoms with Gasteiger partial charge in [-0.15, -0.1) is 0 Å². The number of benzene rings is 1. The molecule has 1 N–H and O–H groups in total. The van der Waals surface area contributed by atoms with E-state index in [1.165, 1.54) is 49.7 Å². The molecule has 0 spiro atoms. The van der Waals surface area contributed by atoms with E-state index in [1.54, 1.807) is 0 Å². The summed E-state index contributed by atoms with van der Waals surface area (Å²) in [5.74, 6) is 0.900. The van der Waals surface area contributed by atoms with Crippen LogP contribution in [-0.2, 0) is 11.2 Å². The Bertz CT molecular complexity index is 439. The van der Waals surface area contributed by atoms with Crippen LogP contribution in [0.25, 0.3) is 0 Å². The number of ether oxygens (including phenoxy) is 1. The second-order valence-electron chi connectivity index (χ2n) is 6.69. The minimum Gasteiger partial charge on any atom is -0.372 e. The minimum atomic E-state index is 0.252. The molecular weight excluding hydrogens is 258 g/mol. The molecule has 1 fully saturated rings. The molecule has 1 aromatic rings. The zero-order valence-corrected chi connectivity index (χ0v) is 13.3. The fourth-order valence-corrected chi connectivity index (χ4v) is 4.01. The van der Waals surface area contributed by atoms with Gasteiger partial charge in [0.1, 0.15) is 0 Å². The molecule has 1 aromatic carbocycles. The van der Waals surface area contributed by atoms with Crippen molar-refractivity contribution in [2.24, 2.45) is 5.92 Å². The fourth-order valence-electron chi connectivity index (χ4n) is 4.01. The smallest absolute Gasteiger partial charge is 0.0980 e. The van der Waals surface area contributed by atoms with Crippen molar-refractivity contribution in [3.63, 3.8) is 0 Å². The monoisotopic (exact) mass is 287 g/mol. The lowest BCUT2D eigenvalue weighted by Gasteiger charge is -2.34. The standard InChI is InChI=1S/C19H29NO/c1-2-12-20-18(14-15-7-3-4-8-15)19-17-10-6-5-9-16(17)11-13-21-19/h5-6,9-10,15,18-20H,2-4,7-8,11-14H2,1H3. The van der Waals surface area contributed by atoms with Gasteiger partial charge in [0.2, 0.25) is 0 Å². The Morgan fingerprint density at radius 3 is 2.86 bits per heavy atom. The molecule has 0 amide bonds. The normalized spacial score (nSPS) is 24.0. The van der Waals surface area contributed by atoms with E-state index in [9.17, 15) is 0 Å². The third-order valence-corrected chi connectivity index (χ3v) is 5.11. The van der Waals surface area contributed by atoms with Crippen LogP contribution < -0.4 is 5.32 Å². The third-order valence-electron chi connectivity index (χ3n) is 5.11. The molecule has 2 aliphatic rings. The molecule has 1 heterocycles. The Morgan fingerprint density at radius 2 is 2.05 bits per heavy atom. The Hall–Kier alpha value is -0.860. The van der Waals surface area contributed by atoms with Crippen molar-refractivity contribution >= 4 is 0 Å². The number of hydrogen-bond acceptors (Lipinski definition) is 2. The molecule has 0 radical (unpaired) electrons. The van der Waals surface area contributed by atoms with Crippen molar-refractivity contribution in [2.45, 2.75) is 64.0 Å². The van der Waals surface area contributed by atoms with Gasteiger partial charge in [-0.25, -0.2) is 0 Å². The summed E-state index contributed by atoms with van der Waals surface area (Å²) < 4.78 is 6.21. The van der Waals surface area contributed by atoms with Gasteiger partial charge in [-0.2, -0.15) is 0 Å². The molecule has 0 aromatic heterocycles. The molecule has 116 valence electrons. The van der Waals surface area contributed by atoms with Crippen LogP contribution in [0.1, 0.15) is 62.7 Å². The lowest BCUT2D eigenvalue weighted by atomic mass is 9.88. The van der Waals surface area contributed by atoms with Gasteiger partial charge >= 0.3 is 0 Å². The Balaban J connectivity index is 1.75. The lowest BCUT2D eigenvalue weighted by Crippen LogP contribution is -2.40. The molecule has 2 heteroatoms. The van der Waals surface area contributed by atoms with E-state index in [0.717, 1.165) is 25.5 Å². The van der Waals surface area contributed by atoms with Crippen LogP contribution >= 0.6 is 0 Å². The summed E-state index contributed by atoms with van der Waals surface area (Å²) in [6.07, 6.45) is 9.46. The summed E-state index contributed by atoms with van der Waals surface area (Å²) in [6, 6.07) is 9.35. The maximum absolute atomic E-state index is 6.21. The van der Waals surface area contributed by atoms with E-state index in [4.69, 9.17) is 4.74 Å². The van der Waals surface area contributed by atoms with Gasteiger partial charge in [-0.3, -0.25) is 0 Å². The number of nitrogens with one attached hydrogen (secondary N) is 1. The zero-order valence-electron chi connectivity index (χ0n) is 13.3. The predicted octanol–water partition coefficient (Wildman–Crippen LogP) is 4.25. The highest BCUT2D eigenvalue weighted by Crippen LogP contribution is 2.36. The quantitative estimate of drug-likeness (QED) is 0.844. The van der Waals surface area contributed by atoms with Crippen LogP contribution in [0, 0.1) is 5.92 Å². The molecule has 2 atom stereocenters. The summed E-state index contributed by atoms with van der Waals surface area (Å²) in [5, 5.41) is 3.78. The molecule has 2 unspecified atom stereocenters. The molecular formula is C19H29NO. The first-order chi connectivity index (χ1) is 10.4. The molecule has 1 aliphatic heterocycles. The fraction of sp³-hybridized carbons (Fsp3) is 0.684. The van der Waals surface area contributed by atoms with E-state index in [-0.39, 0.29) is 6.10 Å². The molecule has 1 saturated carbocycles. The number of hydrogen-bond donors (Lipinski definition) is 1. The maximum atomic E-state index is 6.21. The summed E-state index contributed by atoms with van der Waals surface area (Å²) in [4.78, 5) is 0. The van der Waals surface area contributed by atoms with Gasteiger partial charge in [-0.05, 0) is 42.9 Å². The van der Waals surface area contributed by atoms with Crippen molar-refractivity contribution in [2.75, 3.05) is 13.2 Å². The van der Waals surface area contributed by atoms with Gasteiger partial charge in [-0.1, -0.05) is 56.9 Å². The van der Waals surface area contributed by atoms with Crippen LogP contribution in [0.15, 0.2) is 24.3 Å². The van der Waals surface area contributed by atoms with E-state index >= 15 is 0 Å². The highest BCUT2D eigenvalue weighted by molar-refractivity contribution is 5.32. The SMILES string of the molecule is CCCNC(CC1CCCC1)C1OCCc2ccccc21. The predicted molar refractivity (Wildman–Crippen MR) is 87.5 cm³/mol. The lowest BCUT2D eigenvalue weighted by molar-refractivity contribution is 0.00945. The highest BCUT2D eigenvalue weighted by Gasteiger charge is 2.31. The van der Waals surface area contributed by atoms with Crippen molar-refractivity contribution < 1.29 is 4.74 Å². The molecule has 21 heavy (non-hydrogen) atoms. The van der Waals surface area contributed by atoms with Gasteiger partial charge in [0, 0.05) is 6.04 Å². The van der Waals surface area contributed by atoms with E-state index in [0.29, 0.717) is 6.04 Å². The van der Waals surface area contributed by atoms with Crippen molar-refractivity contribution in [1.82, 2.24) is 5.32 Å². The second-order valence-corrected chi connectivity index (χ2v) is 6.69. The van der Waals surface area contributed by atoms with Gasteiger partial charge in [0.05, 0.1) is 12.7 Å². The molecule has 3 rings (SSSR count). The van der Waals surface area contributed by atoms with Crippen molar-refractivity contribution in [3.05, 3.63) is 35.4 Å². The molecule has 0 saturated heterocycles. The maximum Gasteiger partial charge on any atom is 0.0980 e. The topological polar surface area (TPSA) is 21.3 Å². The molecule has 1 aliphatic carbocycles. The first-order valence-corrected chi connectivity index (χ1v) is 8.81. The van der Waals surface area contributed by atoms with Crippen LogP contribution in [0.4, 0.5) is 0 Å². The first kappa shape index (κ1) is 15.1. The Labute approximate surface area is 129 Å². The van der Waals surface area contributed by atoms with Gasteiger partial charge < -0.3 is 10.1 Å². The van der Waals surface area contributed by atoms with Crippen molar-refractivity contribution in [1.29, 1.82) is 0 Å². The van der Waals surface area contributed by atoms with Crippen LogP contribution in [0.3, 0.4) is 0 Å². The average molecular weight is 287 g/mol. The Kier molecular flexibility index (Phi) is 5.32. The molecule has 0 bridgehead atoms. The largest absolute Gasteiger partial charge is 0.372 e. The number of fused-ring (bicyclic) bond motifs is 1. The highest BCUT2D eigenvalue weighted by atomic mass is 16.5. The zero-order chi connectivity index (χ0) is 14.5. The summed E-state index contributed by atoms with van der Waals surface area (Å²) in [5.41, 5.74) is 2.92. The van der Waals surface area contributed by atoms with E-state index in [2.05, 4.69) is 36.5 Å².